The Morgan fingerprint density at radius 3 is 2.54 bits per heavy atom. The topological polar surface area (TPSA) is 90.5 Å². The number of aromatic amines is 1. The highest BCUT2D eigenvalue weighted by molar-refractivity contribution is 14.0. The molecule has 156 valence electrons. The number of nitrogens with one attached hydrogen (secondary N) is 4. The van der Waals surface area contributed by atoms with Gasteiger partial charge in [-0.25, -0.2) is 9.18 Å². The summed E-state index contributed by atoms with van der Waals surface area (Å²) in [5.41, 5.74) is 1.45. The number of ether oxygens (including phenoxy) is 1. The van der Waals surface area contributed by atoms with Crippen LogP contribution < -0.4 is 16.0 Å². The van der Waals surface area contributed by atoms with Crippen LogP contribution in [0.25, 0.3) is 10.9 Å². The summed E-state index contributed by atoms with van der Waals surface area (Å²) in [4.78, 5) is 18.9. The van der Waals surface area contributed by atoms with Crippen molar-refractivity contribution in [3.63, 3.8) is 0 Å². The molecule has 0 saturated carbocycles. The summed E-state index contributed by atoms with van der Waals surface area (Å²) < 4.78 is 18.6. The maximum Gasteiger partial charge on any atom is 0.407 e. The van der Waals surface area contributed by atoms with Gasteiger partial charge in [-0.1, -0.05) is 0 Å². The molecule has 7 nitrogen and oxygen atoms in total. The fourth-order valence-electron chi connectivity index (χ4n) is 2.55. The third-order valence-corrected chi connectivity index (χ3v) is 3.73. The normalized spacial score (nSPS) is 11.7. The highest BCUT2D eigenvalue weighted by Crippen LogP contribution is 2.19. The van der Waals surface area contributed by atoms with Crippen molar-refractivity contribution in [1.82, 2.24) is 20.9 Å². The summed E-state index contributed by atoms with van der Waals surface area (Å²) in [7, 11) is 1.68. The molecular formula is C19H29FIN5O2. The van der Waals surface area contributed by atoms with Crippen LogP contribution in [-0.4, -0.2) is 49.3 Å². The molecule has 0 radical (unpaired) electrons. The molecule has 0 aliphatic rings. The van der Waals surface area contributed by atoms with E-state index in [2.05, 4.69) is 25.9 Å². The fraction of sp³-hybridized carbons (Fsp3) is 0.474. The van der Waals surface area contributed by atoms with Crippen molar-refractivity contribution in [3.8, 4) is 0 Å². The van der Waals surface area contributed by atoms with Gasteiger partial charge in [-0.2, -0.15) is 0 Å². The molecule has 0 unspecified atom stereocenters. The van der Waals surface area contributed by atoms with Gasteiger partial charge in [0.25, 0.3) is 0 Å². The Kier molecular flexibility index (Phi) is 9.50. The highest BCUT2D eigenvalue weighted by Gasteiger charge is 2.15. The maximum absolute atomic E-state index is 13.4. The van der Waals surface area contributed by atoms with Crippen LogP contribution >= 0.6 is 24.0 Å². The molecule has 2 rings (SSSR count). The number of fused-ring (bicyclic) bond motifs is 1. The number of carbonyl (C=O) groups excluding carboxylic acids is 1. The van der Waals surface area contributed by atoms with Gasteiger partial charge in [-0.15, -0.1) is 24.0 Å². The average Bonchev–Trinajstić information content (AvgIpc) is 2.97. The minimum atomic E-state index is -0.513. The SMILES string of the molecule is CN=C(NCCNC(=O)OC(C)(C)C)NCCc1c[nH]c2ccc(F)cc12.I. The molecule has 1 aromatic heterocycles. The number of rotatable bonds is 6. The lowest BCUT2D eigenvalue weighted by molar-refractivity contribution is 0.0529. The number of alkyl carbamates (subject to hydrolysis) is 1. The molecule has 0 aliphatic carbocycles. The molecule has 0 spiro atoms. The van der Waals surface area contributed by atoms with E-state index in [4.69, 9.17) is 4.74 Å². The number of guanidine groups is 1. The molecule has 1 heterocycles. The van der Waals surface area contributed by atoms with E-state index in [1.807, 2.05) is 27.0 Å². The Balaban J connectivity index is 0.00000392. The van der Waals surface area contributed by atoms with Crippen LogP contribution in [0.2, 0.25) is 0 Å². The summed E-state index contributed by atoms with van der Waals surface area (Å²) in [6, 6.07) is 4.72. The molecule has 0 fully saturated rings. The van der Waals surface area contributed by atoms with Gasteiger partial charge >= 0.3 is 6.09 Å². The lowest BCUT2D eigenvalue weighted by Gasteiger charge is -2.19. The first-order valence-corrected chi connectivity index (χ1v) is 8.95. The van der Waals surface area contributed by atoms with Crippen LogP contribution in [0, 0.1) is 5.82 Å². The Hall–Kier alpha value is -2.04. The first-order chi connectivity index (χ1) is 12.8. The van der Waals surface area contributed by atoms with Crippen LogP contribution in [0.1, 0.15) is 26.3 Å². The summed E-state index contributed by atoms with van der Waals surface area (Å²) >= 11 is 0. The van der Waals surface area contributed by atoms with Gasteiger partial charge < -0.3 is 25.7 Å². The van der Waals surface area contributed by atoms with Crippen molar-refractivity contribution in [3.05, 3.63) is 35.8 Å². The Morgan fingerprint density at radius 1 is 1.18 bits per heavy atom. The van der Waals surface area contributed by atoms with E-state index in [1.54, 1.807) is 13.1 Å². The van der Waals surface area contributed by atoms with Gasteiger partial charge in [0.2, 0.25) is 0 Å². The second-order valence-corrected chi connectivity index (χ2v) is 7.11. The number of nitrogens with zero attached hydrogens (tertiary/aromatic N) is 1. The smallest absolute Gasteiger partial charge is 0.407 e. The van der Waals surface area contributed by atoms with Crippen LogP contribution in [0.3, 0.4) is 0 Å². The highest BCUT2D eigenvalue weighted by atomic mass is 127. The third kappa shape index (κ3) is 7.91. The number of carbonyl (C=O) groups is 1. The van der Waals surface area contributed by atoms with Crippen molar-refractivity contribution in [2.75, 3.05) is 26.7 Å². The van der Waals surface area contributed by atoms with Crippen molar-refractivity contribution in [2.45, 2.75) is 32.8 Å². The first kappa shape index (κ1) is 24.0. The zero-order chi connectivity index (χ0) is 19.9. The number of benzene rings is 1. The van der Waals surface area contributed by atoms with E-state index < -0.39 is 11.7 Å². The van der Waals surface area contributed by atoms with E-state index in [9.17, 15) is 9.18 Å². The molecule has 28 heavy (non-hydrogen) atoms. The van der Waals surface area contributed by atoms with E-state index in [1.165, 1.54) is 12.1 Å². The number of aromatic nitrogens is 1. The Morgan fingerprint density at radius 2 is 1.86 bits per heavy atom. The molecule has 1 aromatic carbocycles. The average molecular weight is 505 g/mol. The molecule has 0 atom stereocenters. The number of aliphatic imine (C=N–C) groups is 1. The predicted octanol–water partition coefficient (Wildman–Crippen LogP) is 3.16. The van der Waals surface area contributed by atoms with Gasteiger partial charge in [-0.3, -0.25) is 4.99 Å². The summed E-state index contributed by atoms with van der Waals surface area (Å²) in [6.45, 7) is 7.02. The molecule has 0 bridgehead atoms. The monoisotopic (exact) mass is 505 g/mol. The summed E-state index contributed by atoms with van der Waals surface area (Å²) in [5, 5.41) is 9.88. The summed E-state index contributed by atoms with van der Waals surface area (Å²) in [6.07, 6.45) is 2.17. The summed E-state index contributed by atoms with van der Waals surface area (Å²) in [5.74, 6) is 0.387. The third-order valence-electron chi connectivity index (χ3n) is 3.73. The minimum absolute atomic E-state index is 0. The molecule has 9 heteroatoms. The van der Waals surface area contributed by atoms with Crippen LogP contribution in [0.4, 0.5) is 9.18 Å². The number of hydrogen-bond acceptors (Lipinski definition) is 3. The van der Waals surface area contributed by atoms with E-state index >= 15 is 0 Å². The van der Waals surface area contributed by atoms with Gasteiger partial charge in [0.15, 0.2) is 5.96 Å². The van der Waals surface area contributed by atoms with Crippen molar-refractivity contribution < 1.29 is 13.9 Å². The number of H-pyrrole nitrogens is 1. The van der Waals surface area contributed by atoms with Gasteiger partial charge in [0, 0.05) is 43.8 Å². The number of amides is 1. The minimum Gasteiger partial charge on any atom is -0.444 e. The van der Waals surface area contributed by atoms with Gasteiger partial charge in [0.1, 0.15) is 11.4 Å². The fourth-order valence-corrected chi connectivity index (χ4v) is 2.55. The first-order valence-electron chi connectivity index (χ1n) is 8.95. The number of hydrogen-bond donors (Lipinski definition) is 4. The van der Waals surface area contributed by atoms with Gasteiger partial charge in [0.05, 0.1) is 0 Å². The second kappa shape index (κ2) is 11.1. The molecule has 0 saturated heterocycles. The standard InChI is InChI=1S/C19H28FN5O2.HI/c1-19(2,3)27-18(26)24-10-9-23-17(21-4)22-8-7-13-12-25-16-6-5-14(20)11-15(13)16;/h5-6,11-12,25H,7-10H2,1-4H3,(H,24,26)(H2,21,22,23);1H. The predicted molar refractivity (Wildman–Crippen MR) is 121 cm³/mol. The van der Waals surface area contributed by atoms with E-state index in [-0.39, 0.29) is 29.8 Å². The van der Waals surface area contributed by atoms with Crippen LogP contribution in [0.5, 0.6) is 0 Å². The molecular weight excluding hydrogens is 476 g/mol. The van der Waals surface area contributed by atoms with Crippen molar-refractivity contribution in [2.24, 2.45) is 4.99 Å². The van der Waals surface area contributed by atoms with E-state index in [0.717, 1.165) is 22.9 Å². The van der Waals surface area contributed by atoms with Crippen LogP contribution in [-0.2, 0) is 11.2 Å². The Labute approximate surface area is 181 Å². The van der Waals surface area contributed by atoms with Crippen LogP contribution in [0.15, 0.2) is 29.4 Å². The second-order valence-electron chi connectivity index (χ2n) is 7.11. The van der Waals surface area contributed by atoms with Crippen molar-refractivity contribution >= 4 is 46.9 Å². The zero-order valence-electron chi connectivity index (χ0n) is 16.7. The quantitative estimate of drug-likeness (QED) is 0.210. The molecule has 0 aliphatic heterocycles. The molecule has 1 amide bonds. The number of halogens is 2. The lowest BCUT2D eigenvalue weighted by atomic mass is 10.1. The van der Waals surface area contributed by atoms with Crippen molar-refractivity contribution in [1.29, 1.82) is 0 Å². The largest absolute Gasteiger partial charge is 0.444 e. The van der Waals surface area contributed by atoms with Gasteiger partial charge in [-0.05, 0) is 51.0 Å². The van der Waals surface area contributed by atoms with E-state index in [0.29, 0.717) is 25.6 Å². The Bertz CT molecular complexity index is 801. The lowest BCUT2D eigenvalue weighted by Crippen LogP contribution is -2.42. The molecule has 4 N–H and O–H groups in total. The maximum atomic E-state index is 13.4. The zero-order valence-corrected chi connectivity index (χ0v) is 19.0. The molecule has 2 aromatic rings.